The number of aromatic nitrogens is 4. The Morgan fingerprint density at radius 2 is 2.29 bits per heavy atom. The maximum atomic E-state index is 12.0. The van der Waals surface area contributed by atoms with Crippen LogP contribution in [0.4, 0.5) is 0 Å². The van der Waals surface area contributed by atoms with Crippen LogP contribution >= 0.6 is 0 Å². The Morgan fingerprint density at radius 3 is 3.00 bits per heavy atom. The molecule has 3 aromatic heterocycles. The molecule has 9 heteroatoms. The van der Waals surface area contributed by atoms with E-state index in [2.05, 4.69) is 15.0 Å². The minimum atomic E-state index is -0.817. The number of nitrogens with one attached hydrogen (secondary N) is 1. The van der Waals surface area contributed by atoms with Crippen molar-refractivity contribution in [3.05, 3.63) is 52.2 Å². The number of ether oxygens (including phenoxy) is 1. The highest BCUT2D eigenvalue weighted by molar-refractivity contribution is 6.02. The molecule has 0 bridgehead atoms. The second-order valence-electron chi connectivity index (χ2n) is 5.88. The van der Waals surface area contributed by atoms with Gasteiger partial charge in [-0.25, -0.2) is 9.97 Å². The number of aromatic amines is 1. The van der Waals surface area contributed by atoms with Crippen LogP contribution in [0.1, 0.15) is 12.5 Å². The van der Waals surface area contributed by atoms with E-state index in [1.54, 1.807) is 35.3 Å². The lowest BCUT2D eigenvalue weighted by Gasteiger charge is -2.08. The molecule has 0 saturated heterocycles. The predicted molar refractivity (Wildman–Crippen MR) is 103 cm³/mol. The number of carbonyl (C=O) groups is 1. The summed E-state index contributed by atoms with van der Waals surface area (Å²) >= 11 is 0. The summed E-state index contributed by atoms with van der Waals surface area (Å²) in [6.07, 6.45) is 6.24. The summed E-state index contributed by atoms with van der Waals surface area (Å²) < 4.78 is 6.86. The molecule has 0 aromatic carbocycles. The first-order valence-electron chi connectivity index (χ1n) is 8.57. The number of H-pyrrole nitrogens is 1. The van der Waals surface area contributed by atoms with Crippen LogP contribution in [0.25, 0.3) is 28.5 Å². The molecular weight excluding hydrogens is 360 g/mol. The number of pyridine rings is 1. The normalized spacial score (nSPS) is 11.5. The first-order valence-corrected chi connectivity index (χ1v) is 8.57. The Hall–Kier alpha value is -3.77. The summed E-state index contributed by atoms with van der Waals surface area (Å²) in [6, 6.07) is 4.90. The Kier molecular flexibility index (Phi) is 5.62. The fraction of sp³-hybridized carbons (Fsp3) is 0.211. The molecule has 3 N–H and O–H groups in total. The zero-order valence-electron chi connectivity index (χ0n) is 15.2. The van der Waals surface area contributed by atoms with Crippen molar-refractivity contribution in [1.29, 1.82) is 5.26 Å². The van der Waals surface area contributed by atoms with Crippen molar-refractivity contribution in [2.24, 2.45) is 5.73 Å². The number of fused-ring (bicyclic) bond motifs is 1. The summed E-state index contributed by atoms with van der Waals surface area (Å²) in [5.74, 6) is -0.817. The fourth-order valence-corrected chi connectivity index (χ4v) is 2.64. The number of hydrogen-bond donors (Lipinski definition) is 2. The molecule has 9 nitrogen and oxygen atoms in total. The first kappa shape index (κ1) is 19.0. The van der Waals surface area contributed by atoms with Crippen LogP contribution in [0.15, 0.2) is 41.1 Å². The molecule has 0 radical (unpaired) electrons. The van der Waals surface area contributed by atoms with E-state index in [9.17, 15) is 9.59 Å². The minimum Gasteiger partial charge on any atom is -0.380 e. The first-order chi connectivity index (χ1) is 13.5. The topological polar surface area (TPSA) is 140 Å². The van der Waals surface area contributed by atoms with Crippen molar-refractivity contribution in [3.63, 3.8) is 0 Å². The van der Waals surface area contributed by atoms with E-state index in [1.165, 1.54) is 12.1 Å². The summed E-state index contributed by atoms with van der Waals surface area (Å²) in [4.78, 5) is 35.2. The standard InChI is InChI=1S/C19H18N6O3/c1-2-28-6-5-25-11-12(3-4-16(25)26)15-10-23-19-17(24-15)14(9-22-19)7-13(8-20)18(21)27/h3-4,7,9-11H,2,5-6H2,1H3,(H2,21,27)(H,22,23)/b13-7+. The second-order valence-corrected chi connectivity index (χ2v) is 5.88. The van der Waals surface area contributed by atoms with E-state index in [1.807, 2.05) is 6.92 Å². The monoisotopic (exact) mass is 378 g/mol. The molecule has 0 unspecified atom stereocenters. The molecule has 0 aliphatic carbocycles. The Bertz CT molecular complexity index is 1150. The molecule has 3 aromatic rings. The van der Waals surface area contributed by atoms with Crippen LogP contribution in [0.2, 0.25) is 0 Å². The number of carbonyl (C=O) groups excluding carboxylic acids is 1. The number of rotatable bonds is 7. The average molecular weight is 378 g/mol. The summed E-state index contributed by atoms with van der Waals surface area (Å²) in [6.45, 7) is 3.33. The van der Waals surface area contributed by atoms with Gasteiger partial charge in [0.05, 0.1) is 18.5 Å². The third kappa shape index (κ3) is 3.97. The molecule has 0 fully saturated rings. The lowest BCUT2D eigenvalue weighted by atomic mass is 10.1. The lowest BCUT2D eigenvalue weighted by Crippen LogP contribution is -2.21. The van der Waals surface area contributed by atoms with Gasteiger partial charge < -0.3 is 20.0 Å². The van der Waals surface area contributed by atoms with Crippen LogP contribution in [0.5, 0.6) is 0 Å². The maximum Gasteiger partial charge on any atom is 0.259 e. The fourth-order valence-electron chi connectivity index (χ4n) is 2.64. The highest BCUT2D eigenvalue weighted by atomic mass is 16.5. The third-order valence-corrected chi connectivity index (χ3v) is 4.06. The molecule has 0 atom stereocenters. The van der Waals surface area contributed by atoms with E-state index in [0.29, 0.717) is 47.7 Å². The van der Waals surface area contributed by atoms with Crippen molar-refractivity contribution in [2.45, 2.75) is 13.5 Å². The quantitative estimate of drug-likeness (QED) is 0.360. The van der Waals surface area contributed by atoms with Gasteiger partial charge in [-0.05, 0) is 19.1 Å². The van der Waals surface area contributed by atoms with E-state index < -0.39 is 5.91 Å². The highest BCUT2D eigenvalue weighted by Gasteiger charge is 2.11. The van der Waals surface area contributed by atoms with Gasteiger partial charge in [-0.15, -0.1) is 0 Å². The SMILES string of the molecule is CCOCCn1cc(-c2cnc3[nH]cc(/C=C(\C#N)C(N)=O)c3n2)ccc1=O. The van der Waals surface area contributed by atoms with Crippen molar-refractivity contribution in [3.8, 4) is 17.3 Å². The molecule has 0 spiro atoms. The van der Waals surface area contributed by atoms with Gasteiger partial charge in [0.15, 0.2) is 5.65 Å². The predicted octanol–water partition coefficient (Wildman–Crippen LogP) is 1.22. The van der Waals surface area contributed by atoms with Crippen LogP contribution in [-0.4, -0.2) is 38.6 Å². The molecule has 0 aliphatic rings. The lowest BCUT2D eigenvalue weighted by molar-refractivity contribution is -0.114. The molecule has 3 heterocycles. The molecule has 0 saturated carbocycles. The zero-order valence-corrected chi connectivity index (χ0v) is 15.2. The molecule has 3 rings (SSSR count). The smallest absolute Gasteiger partial charge is 0.259 e. The van der Waals surface area contributed by atoms with Gasteiger partial charge in [0, 0.05) is 42.7 Å². The summed E-state index contributed by atoms with van der Waals surface area (Å²) in [7, 11) is 0. The average Bonchev–Trinajstić information content (AvgIpc) is 3.09. The molecule has 0 aliphatic heterocycles. The van der Waals surface area contributed by atoms with Gasteiger partial charge >= 0.3 is 0 Å². The van der Waals surface area contributed by atoms with Gasteiger partial charge in [-0.2, -0.15) is 5.26 Å². The molecule has 1 amide bonds. The molecule has 28 heavy (non-hydrogen) atoms. The Morgan fingerprint density at radius 1 is 1.46 bits per heavy atom. The van der Waals surface area contributed by atoms with Crippen LogP contribution in [0.3, 0.4) is 0 Å². The van der Waals surface area contributed by atoms with Crippen molar-refractivity contribution >= 4 is 23.1 Å². The third-order valence-electron chi connectivity index (χ3n) is 4.06. The van der Waals surface area contributed by atoms with E-state index >= 15 is 0 Å². The van der Waals surface area contributed by atoms with Gasteiger partial charge in [0.2, 0.25) is 0 Å². The van der Waals surface area contributed by atoms with Crippen LogP contribution in [0, 0.1) is 11.3 Å². The van der Waals surface area contributed by atoms with E-state index in [0.717, 1.165) is 0 Å². The van der Waals surface area contributed by atoms with E-state index in [4.69, 9.17) is 15.7 Å². The largest absolute Gasteiger partial charge is 0.380 e. The Labute approximate surface area is 160 Å². The minimum absolute atomic E-state index is 0.136. The number of hydrogen-bond acceptors (Lipinski definition) is 6. The van der Waals surface area contributed by atoms with Crippen molar-refractivity contribution < 1.29 is 9.53 Å². The van der Waals surface area contributed by atoms with Gasteiger partial charge in [-0.1, -0.05) is 0 Å². The second kappa shape index (κ2) is 8.28. The van der Waals surface area contributed by atoms with Crippen molar-refractivity contribution in [2.75, 3.05) is 13.2 Å². The number of nitriles is 1. The van der Waals surface area contributed by atoms with Gasteiger partial charge in [0.1, 0.15) is 17.2 Å². The van der Waals surface area contributed by atoms with Gasteiger partial charge in [-0.3, -0.25) is 9.59 Å². The van der Waals surface area contributed by atoms with Crippen LogP contribution in [-0.2, 0) is 16.1 Å². The summed E-state index contributed by atoms with van der Waals surface area (Å²) in [5.41, 5.74) is 7.63. The van der Waals surface area contributed by atoms with E-state index in [-0.39, 0.29) is 11.1 Å². The number of primary amides is 1. The van der Waals surface area contributed by atoms with Gasteiger partial charge in [0.25, 0.3) is 11.5 Å². The number of nitrogens with zero attached hydrogens (tertiary/aromatic N) is 4. The summed E-state index contributed by atoms with van der Waals surface area (Å²) in [5, 5.41) is 9.04. The zero-order chi connectivity index (χ0) is 20.1. The molecule has 142 valence electrons. The highest BCUT2D eigenvalue weighted by Crippen LogP contribution is 2.22. The van der Waals surface area contributed by atoms with Crippen molar-refractivity contribution in [1.82, 2.24) is 19.5 Å². The number of nitrogens with two attached hydrogens (primary N) is 1. The maximum absolute atomic E-state index is 12.0. The van der Waals surface area contributed by atoms with Crippen LogP contribution < -0.4 is 11.3 Å². The molecular formula is C19H18N6O3. The Balaban J connectivity index is 2.02. The number of amides is 1.